The van der Waals surface area contributed by atoms with Gasteiger partial charge in [-0.25, -0.2) is 0 Å². The maximum atomic E-state index is 12.2. The molecule has 1 saturated heterocycles. The Morgan fingerprint density at radius 3 is 2.45 bits per heavy atom. The van der Waals surface area contributed by atoms with Crippen LogP contribution < -0.4 is 10.5 Å². The van der Waals surface area contributed by atoms with E-state index in [9.17, 15) is 4.79 Å². The molecule has 1 atom stereocenters. The van der Waals surface area contributed by atoms with Crippen molar-refractivity contribution in [1.29, 1.82) is 0 Å². The fourth-order valence-electron chi connectivity index (χ4n) is 2.83. The Kier molecular flexibility index (Phi) is 5.08. The van der Waals surface area contributed by atoms with Crippen molar-refractivity contribution in [3.63, 3.8) is 0 Å². The third-order valence-electron chi connectivity index (χ3n) is 4.28. The zero-order chi connectivity index (χ0) is 16.3. The number of carbonyl (C=O) groups is 1. The van der Waals surface area contributed by atoms with Crippen molar-refractivity contribution in [3.05, 3.63) is 29.8 Å². The van der Waals surface area contributed by atoms with Crippen LogP contribution in [-0.2, 0) is 4.79 Å². The number of hydrogen-bond donors (Lipinski definition) is 1. The third kappa shape index (κ3) is 3.78. The molecule has 0 saturated carbocycles. The van der Waals surface area contributed by atoms with Gasteiger partial charge in [0, 0.05) is 32.2 Å². The van der Waals surface area contributed by atoms with Gasteiger partial charge in [-0.05, 0) is 38.5 Å². The molecule has 122 valence electrons. The van der Waals surface area contributed by atoms with Gasteiger partial charge in [-0.2, -0.15) is 0 Å². The SMILES string of the molecule is COc1cccc(C(C)N2CCN(C(=O)C(C)(C)N)CC2)c1. The number of hydrogen-bond acceptors (Lipinski definition) is 4. The molecule has 0 aliphatic carbocycles. The molecule has 1 unspecified atom stereocenters. The summed E-state index contributed by atoms with van der Waals surface area (Å²) in [6, 6.07) is 8.47. The van der Waals surface area contributed by atoms with Gasteiger partial charge in [-0.3, -0.25) is 9.69 Å². The van der Waals surface area contributed by atoms with Crippen molar-refractivity contribution in [1.82, 2.24) is 9.80 Å². The Morgan fingerprint density at radius 2 is 1.91 bits per heavy atom. The van der Waals surface area contributed by atoms with Crippen molar-refractivity contribution in [2.75, 3.05) is 33.3 Å². The highest BCUT2D eigenvalue weighted by Gasteiger charge is 2.31. The van der Waals surface area contributed by atoms with Crippen LogP contribution in [0.15, 0.2) is 24.3 Å². The van der Waals surface area contributed by atoms with E-state index in [1.54, 1.807) is 21.0 Å². The van der Waals surface area contributed by atoms with E-state index in [0.717, 1.165) is 31.9 Å². The fourth-order valence-corrected chi connectivity index (χ4v) is 2.83. The van der Waals surface area contributed by atoms with Crippen molar-refractivity contribution < 1.29 is 9.53 Å². The highest BCUT2D eigenvalue weighted by molar-refractivity contribution is 5.85. The number of benzene rings is 1. The summed E-state index contributed by atoms with van der Waals surface area (Å²) in [5.74, 6) is 0.907. The van der Waals surface area contributed by atoms with E-state index in [-0.39, 0.29) is 5.91 Å². The van der Waals surface area contributed by atoms with Gasteiger partial charge in [0.1, 0.15) is 5.75 Å². The zero-order valence-electron chi connectivity index (χ0n) is 14.0. The van der Waals surface area contributed by atoms with Crippen LogP contribution in [0, 0.1) is 0 Å². The van der Waals surface area contributed by atoms with Crippen LogP contribution in [0.25, 0.3) is 0 Å². The monoisotopic (exact) mass is 305 g/mol. The van der Waals surface area contributed by atoms with Crippen LogP contribution in [0.3, 0.4) is 0 Å². The number of amides is 1. The number of nitrogens with zero attached hydrogens (tertiary/aromatic N) is 2. The smallest absolute Gasteiger partial charge is 0.242 e. The first-order valence-corrected chi connectivity index (χ1v) is 7.79. The molecule has 0 radical (unpaired) electrons. The molecular weight excluding hydrogens is 278 g/mol. The maximum absolute atomic E-state index is 12.2. The number of ether oxygens (including phenoxy) is 1. The molecule has 0 aromatic heterocycles. The van der Waals surface area contributed by atoms with E-state index in [4.69, 9.17) is 10.5 Å². The minimum absolute atomic E-state index is 0.0289. The predicted molar refractivity (Wildman–Crippen MR) is 87.8 cm³/mol. The molecule has 0 bridgehead atoms. The van der Waals surface area contributed by atoms with Crippen molar-refractivity contribution in [3.8, 4) is 5.75 Å². The van der Waals surface area contributed by atoms with Gasteiger partial charge in [-0.15, -0.1) is 0 Å². The molecular formula is C17H27N3O2. The topological polar surface area (TPSA) is 58.8 Å². The van der Waals surface area contributed by atoms with Crippen LogP contribution in [0.1, 0.15) is 32.4 Å². The molecule has 1 aromatic carbocycles. The second-order valence-corrected chi connectivity index (χ2v) is 6.50. The molecule has 5 nitrogen and oxygen atoms in total. The lowest BCUT2D eigenvalue weighted by atomic mass is 10.0. The average molecular weight is 305 g/mol. The summed E-state index contributed by atoms with van der Waals surface area (Å²) in [5, 5.41) is 0. The largest absolute Gasteiger partial charge is 0.497 e. The van der Waals surface area contributed by atoms with Gasteiger partial charge < -0.3 is 15.4 Å². The summed E-state index contributed by atoms with van der Waals surface area (Å²) < 4.78 is 5.29. The highest BCUT2D eigenvalue weighted by atomic mass is 16.5. The number of rotatable bonds is 4. The number of methoxy groups -OCH3 is 1. The van der Waals surface area contributed by atoms with E-state index in [1.165, 1.54) is 5.56 Å². The first-order valence-electron chi connectivity index (χ1n) is 7.79. The number of piperazine rings is 1. The molecule has 2 rings (SSSR count). The Bertz CT molecular complexity index is 517. The summed E-state index contributed by atoms with van der Waals surface area (Å²) in [5.41, 5.74) is 6.35. The normalized spacial score (nSPS) is 18.1. The summed E-state index contributed by atoms with van der Waals surface area (Å²) >= 11 is 0. The molecule has 5 heteroatoms. The standard InChI is InChI=1S/C17H27N3O2/c1-13(14-6-5-7-15(12-14)22-4)19-8-10-20(11-9-19)16(21)17(2,3)18/h5-7,12-13H,8-11,18H2,1-4H3. The summed E-state index contributed by atoms with van der Waals surface area (Å²) in [6.45, 7) is 8.90. The molecule has 1 aliphatic heterocycles. The molecule has 22 heavy (non-hydrogen) atoms. The Labute approximate surface area is 133 Å². The lowest BCUT2D eigenvalue weighted by molar-refractivity contribution is -0.137. The van der Waals surface area contributed by atoms with Crippen molar-refractivity contribution >= 4 is 5.91 Å². The molecule has 1 aromatic rings. The Hall–Kier alpha value is -1.59. The summed E-state index contributed by atoms with van der Waals surface area (Å²) in [6.07, 6.45) is 0. The summed E-state index contributed by atoms with van der Waals surface area (Å²) in [7, 11) is 1.68. The Morgan fingerprint density at radius 1 is 1.27 bits per heavy atom. The quantitative estimate of drug-likeness (QED) is 0.919. The van der Waals surface area contributed by atoms with Gasteiger partial charge in [0.15, 0.2) is 0 Å². The minimum atomic E-state index is -0.791. The molecule has 2 N–H and O–H groups in total. The van der Waals surface area contributed by atoms with Gasteiger partial charge in [-0.1, -0.05) is 12.1 Å². The molecule has 1 amide bonds. The lowest BCUT2D eigenvalue weighted by Crippen LogP contribution is -2.57. The van der Waals surface area contributed by atoms with Crippen LogP contribution >= 0.6 is 0 Å². The highest BCUT2D eigenvalue weighted by Crippen LogP contribution is 2.25. The second kappa shape index (κ2) is 6.67. The van der Waals surface area contributed by atoms with E-state index < -0.39 is 5.54 Å². The lowest BCUT2D eigenvalue weighted by Gasteiger charge is -2.40. The van der Waals surface area contributed by atoms with E-state index in [2.05, 4.69) is 24.0 Å². The number of nitrogens with two attached hydrogens (primary N) is 1. The van der Waals surface area contributed by atoms with Crippen LogP contribution in [-0.4, -0.2) is 54.5 Å². The van der Waals surface area contributed by atoms with Crippen molar-refractivity contribution in [2.45, 2.75) is 32.4 Å². The number of carbonyl (C=O) groups excluding carboxylic acids is 1. The van der Waals surface area contributed by atoms with E-state index in [1.807, 2.05) is 17.0 Å². The minimum Gasteiger partial charge on any atom is -0.497 e. The van der Waals surface area contributed by atoms with Gasteiger partial charge in [0.2, 0.25) is 5.91 Å². The maximum Gasteiger partial charge on any atom is 0.242 e. The molecule has 1 fully saturated rings. The van der Waals surface area contributed by atoms with Crippen LogP contribution in [0.2, 0.25) is 0 Å². The molecule has 0 spiro atoms. The van der Waals surface area contributed by atoms with Gasteiger partial charge >= 0.3 is 0 Å². The second-order valence-electron chi connectivity index (χ2n) is 6.50. The third-order valence-corrected chi connectivity index (χ3v) is 4.28. The molecule has 1 aliphatic rings. The van der Waals surface area contributed by atoms with Crippen LogP contribution in [0.4, 0.5) is 0 Å². The van der Waals surface area contributed by atoms with E-state index in [0.29, 0.717) is 6.04 Å². The fraction of sp³-hybridized carbons (Fsp3) is 0.588. The first-order chi connectivity index (χ1) is 10.3. The van der Waals surface area contributed by atoms with Gasteiger partial charge in [0.25, 0.3) is 0 Å². The first kappa shape index (κ1) is 16.8. The zero-order valence-corrected chi connectivity index (χ0v) is 14.0. The van der Waals surface area contributed by atoms with Crippen molar-refractivity contribution in [2.24, 2.45) is 5.73 Å². The Balaban J connectivity index is 1.97. The van der Waals surface area contributed by atoms with E-state index >= 15 is 0 Å². The van der Waals surface area contributed by atoms with Crippen LogP contribution in [0.5, 0.6) is 5.75 Å². The molecule has 1 heterocycles. The average Bonchev–Trinajstić information content (AvgIpc) is 2.53. The predicted octanol–water partition coefficient (Wildman–Crippen LogP) is 1.64. The van der Waals surface area contributed by atoms with Gasteiger partial charge in [0.05, 0.1) is 12.6 Å². The summed E-state index contributed by atoms with van der Waals surface area (Å²) in [4.78, 5) is 16.5.